The summed E-state index contributed by atoms with van der Waals surface area (Å²) in [5.41, 5.74) is 0.488. The number of carbonyl (C=O) groups excluding carboxylic acids is 2. The zero-order chi connectivity index (χ0) is 27.5. The van der Waals surface area contributed by atoms with Crippen LogP contribution in [0.3, 0.4) is 0 Å². The Balaban J connectivity index is 1.84. The lowest BCUT2D eigenvalue weighted by atomic mass is 10.1. The van der Waals surface area contributed by atoms with E-state index in [0.717, 1.165) is 12.8 Å². The van der Waals surface area contributed by atoms with Crippen molar-refractivity contribution < 1.29 is 28.5 Å². The molecular weight excluding hydrogens is 504 g/mol. The van der Waals surface area contributed by atoms with E-state index in [4.69, 9.17) is 23.9 Å². The number of ether oxygens (including phenoxy) is 4. The van der Waals surface area contributed by atoms with Crippen molar-refractivity contribution in [1.82, 2.24) is 14.0 Å². The lowest BCUT2D eigenvalue weighted by molar-refractivity contribution is 0.0521. The van der Waals surface area contributed by atoms with E-state index >= 15 is 0 Å². The van der Waals surface area contributed by atoms with E-state index in [1.807, 2.05) is 0 Å². The number of fused-ring (bicyclic) bond motifs is 2. The number of hydrogen-bond donors (Lipinski definition) is 0. The summed E-state index contributed by atoms with van der Waals surface area (Å²) in [5, 5.41) is 0.188. The molecule has 39 heavy (non-hydrogen) atoms. The van der Waals surface area contributed by atoms with E-state index in [9.17, 15) is 14.4 Å². The van der Waals surface area contributed by atoms with Crippen LogP contribution in [0.4, 0.5) is 0 Å². The van der Waals surface area contributed by atoms with Gasteiger partial charge < -0.3 is 23.5 Å². The van der Waals surface area contributed by atoms with E-state index in [-0.39, 0.29) is 58.2 Å². The number of esters is 1. The normalized spacial score (nSPS) is 15.6. The van der Waals surface area contributed by atoms with Gasteiger partial charge in [-0.15, -0.1) is 0 Å². The Morgan fingerprint density at radius 1 is 1.13 bits per heavy atom. The molecule has 0 radical (unpaired) electrons. The summed E-state index contributed by atoms with van der Waals surface area (Å²) >= 11 is 0. The molecule has 0 spiro atoms. The number of benzene rings is 1. The van der Waals surface area contributed by atoms with Gasteiger partial charge in [0, 0.05) is 18.9 Å². The fourth-order valence-electron chi connectivity index (χ4n) is 4.65. The molecule has 1 fully saturated rings. The maximum Gasteiger partial charge on any atom is 0.341 e. The van der Waals surface area contributed by atoms with E-state index in [0.29, 0.717) is 18.0 Å². The van der Waals surface area contributed by atoms with Gasteiger partial charge in [-0.05, 0) is 50.1 Å². The van der Waals surface area contributed by atoms with Crippen molar-refractivity contribution in [3.63, 3.8) is 0 Å². The van der Waals surface area contributed by atoms with Crippen LogP contribution in [0.25, 0.3) is 16.7 Å². The predicted molar refractivity (Wildman–Crippen MR) is 141 cm³/mol. The Labute approximate surface area is 223 Å². The number of carbonyl (C=O) groups is 2. The Hall–Kier alpha value is -4.51. The Morgan fingerprint density at radius 3 is 2.69 bits per heavy atom. The first kappa shape index (κ1) is 26.1. The van der Waals surface area contributed by atoms with Gasteiger partial charge in [-0.1, -0.05) is 6.07 Å². The van der Waals surface area contributed by atoms with Gasteiger partial charge >= 0.3 is 5.97 Å². The van der Waals surface area contributed by atoms with Crippen molar-refractivity contribution in [3.8, 4) is 11.5 Å². The van der Waals surface area contributed by atoms with Crippen LogP contribution in [0.15, 0.2) is 58.4 Å². The largest absolute Gasteiger partial charge is 0.497 e. The summed E-state index contributed by atoms with van der Waals surface area (Å²) in [5.74, 6) is -0.606. The maximum absolute atomic E-state index is 13.6. The summed E-state index contributed by atoms with van der Waals surface area (Å²) in [4.78, 5) is 49.4. The Morgan fingerprint density at radius 2 is 1.97 bits per heavy atom. The molecule has 0 saturated carbocycles. The van der Waals surface area contributed by atoms with E-state index in [2.05, 4.69) is 4.99 Å². The first-order valence-corrected chi connectivity index (χ1v) is 12.6. The maximum atomic E-state index is 13.6. The molecule has 4 heterocycles. The second kappa shape index (κ2) is 11.1. The summed E-state index contributed by atoms with van der Waals surface area (Å²) in [7, 11) is 2.94. The molecule has 1 atom stereocenters. The zero-order valence-electron chi connectivity index (χ0n) is 21.9. The van der Waals surface area contributed by atoms with Gasteiger partial charge in [-0.3, -0.25) is 14.0 Å². The highest BCUT2D eigenvalue weighted by Crippen LogP contribution is 2.25. The second-order valence-corrected chi connectivity index (χ2v) is 8.91. The fraction of sp³-hybridized carbons (Fsp3) is 0.321. The molecule has 1 saturated heterocycles. The van der Waals surface area contributed by atoms with Gasteiger partial charge in [0.25, 0.3) is 11.5 Å². The molecule has 3 aromatic heterocycles. The van der Waals surface area contributed by atoms with Crippen LogP contribution in [0.2, 0.25) is 0 Å². The van der Waals surface area contributed by atoms with Crippen molar-refractivity contribution in [2.45, 2.75) is 32.4 Å². The molecule has 11 heteroatoms. The van der Waals surface area contributed by atoms with Crippen LogP contribution in [0, 0.1) is 0 Å². The highest BCUT2D eigenvalue weighted by Gasteiger charge is 2.24. The number of pyridine rings is 2. The van der Waals surface area contributed by atoms with E-state index < -0.39 is 11.9 Å². The zero-order valence-corrected chi connectivity index (χ0v) is 21.9. The third-order valence-electron chi connectivity index (χ3n) is 6.54. The number of nitrogens with zero attached hydrogens (tertiary/aromatic N) is 4. The second-order valence-electron chi connectivity index (χ2n) is 8.91. The van der Waals surface area contributed by atoms with Gasteiger partial charge in [0.1, 0.15) is 28.4 Å². The first-order valence-electron chi connectivity index (χ1n) is 12.6. The monoisotopic (exact) mass is 532 g/mol. The molecule has 0 bridgehead atoms. The number of hydrogen-bond acceptors (Lipinski definition) is 8. The van der Waals surface area contributed by atoms with Gasteiger partial charge in [0.05, 0.1) is 44.4 Å². The van der Waals surface area contributed by atoms with Gasteiger partial charge in [-0.2, -0.15) is 4.99 Å². The predicted octanol–water partition coefficient (Wildman–Crippen LogP) is 2.76. The Bertz CT molecular complexity index is 1700. The molecule has 0 unspecified atom stereocenters. The molecule has 1 amide bonds. The number of methoxy groups -OCH3 is 2. The molecule has 4 aromatic rings. The van der Waals surface area contributed by atoms with Crippen LogP contribution >= 0.6 is 0 Å². The highest BCUT2D eigenvalue weighted by atomic mass is 16.5. The standard InChI is InChI=1S/C28H28N4O7/c1-4-38-28(35)21-15-20-24(29-23-9-5-6-12-31(23)27(20)34)32(16-18-8-7-13-39-18)25(21)30-26(33)19-11-10-17(36-2)14-22(19)37-3/h5-6,9-12,14-15,18H,4,7-8,13,16H2,1-3H3/t18-/m0/s1. The van der Waals surface area contributed by atoms with Crippen molar-refractivity contribution in [1.29, 1.82) is 0 Å². The number of rotatable bonds is 7. The molecule has 5 rings (SSSR count). The molecule has 1 aliphatic rings. The molecule has 1 aliphatic heterocycles. The quantitative estimate of drug-likeness (QED) is 0.263. The lowest BCUT2D eigenvalue weighted by Crippen LogP contribution is -2.35. The van der Waals surface area contributed by atoms with E-state index in [1.54, 1.807) is 48.0 Å². The average molecular weight is 533 g/mol. The summed E-state index contributed by atoms with van der Waals surface area (Å²) in [6.45, 7) is 2.59. The average Bonchev–Trinajstić information content (AvgIpc) is 3.47. The molecular formula is C28H28N4O7. The number of aromatic nitrogens is 3. The Kier molecular flexibility index (Phi) is 7.42. The minimum atomic E-state index is -0.716. The third kappa shape index (κ3) is 5.00. The van der Waals surface area contributed by atoms with Crippen molar-refractivity contribution in [2.24, 2.45) is 4.99 Å². The highest BCUT2D eigenvalue weighted by molar-refractivity contribution is 5.99. The number of amides is 1. The van der Waals surface area contributed by atoms with Gasteiger partial charge in [0.2, 0.25) is 0 Å². The third-order valence-corrected chi connectivity index (χ3v) is 6.54. The van der Waals surface area contributed by atoms with Crippen LogP contribution in [-0.4, -0.2) is 59.4 Å². The van der Waals surface area contributed by atoms with Crippen LogP contribution in [0.5, 0.6) is 11.5 Å². The molecule has 1 aromatic carbocycles. The summed E-state index contributed by atoms with van der Waals surface area (Å²) in [6.07, 6.45) is 3.03. The summed E-state index contributed by atoms with van der Waals surface area (Å²) in [6, 6.07) is 11.3. The topological polar surface area (TPSA) is 123 Å². The van der Waals surface area contributed by atoms with Crippen molar-refractivity contribution >= 4 is 28.6 Å². The minimum absolute atomic E-state index is 0.0199. The summed E-state index contributed by atoms with van der Waals surface area (Å²) < 4.78 is 24.8. The minimum Gasteiger partial charge on any atom is -0.497 e. The van der Waals surface area contributed by atoms with E-state index in [1.165, 1.54) is 30.8 Å². The fourth-order valence-corrected chi connectivity index (χ4v) is 4.65. The van der Waals surface area contributed by atoms with Crippen LogP contribution < -0.4 is 20.5 Å². The lowest BCUT2D eigenvalue weighted by Gasteiger charge is -2.18. The van der Waals surface area contributed by atoms with Crippen LogP contribution in [-0.2, 0) is 16.0 Å². The van der Waals surface area contributed by atoms with Gasteiger partial charge in [0.15, 0.2) is 5.49 Å². The first-order chi connectivity index (χ1) is 18.9. The molecule has 202 valence electrons. The van der Waals surface area contributed by atoms with Crippen molar-refractivity contribution in [3.05, 3.63) is 75.6 Å². The SMILES string of the molecule is CCOC(=O)c1cc2c(=O)n3ccccc3nc2n(C[C@@H]2CCCO2)c1=NC(=O)c1ccc(OC)cc1OC. The molecule has 0 N–H and O–H groups in total. The molecule has 0 aliphatic carbocycles. The molecule has 11 nitrogen and oxygen atoms in total. The smallest absolute Gasteiger partial charge is 0.341 e. The van der Waals surface area contributed by atoms with Crippen LogP contribution in [0.1, 0.15) is 40.5 Å². The van der Waals surface area contributed by atoms with Gasteiger partial charge in [-0.25, -0.2) is 9.78 Å². The van der Waals surface area contributed by atoms with Crippen molar-refractivity contribution in [2.75, 3.05) is 27.4 Å².